The van der Waals surface area contributed by atoms with Gasteiger partial charge in [-0.3, -0.25) is 9.69 Å². The lowest BCUT2D eigenvalue weighted by atomic mass is 10.1. The molecule has 1 atom stereocenters. The number of aromatic nitrogens is 2. The SMILES string of the molecule is C[C@H](Nc1ncc(Cl)c(N2CCCC2=O)n1)c1ccc(Oc2ccccc2)cc1. The van der Waals surface area contributed by atoms with E-state index in [2.05, 4.69) is 15.3 Å². The first-order valence-corrected chi connectivity index (χ1v) is 9.90. The van der Waals surface area contributed by atoms with Gasteiger partial charge in [0.1, 0.15) is 16.5 Å². The number of nitrogens with one attached hydrogen (secondary N) is 1. The van der Waals surface area contributed by atoms with Crippen LogP contribution in [0.15, 0.2) is 60.8 Å². The van der Waals surface area contributed by atoms with E-state index in [1.807, 2.05) is 61.5 Å². The molecule has 1 aliphatic heterocycles. The fourth-order valence-corrected chi connectivity index (χ4v) is 3.41. The summed E-state index contributed by atoms with van der Waals surface area (Å²) in [5.41, 5.74) is 1.06. The molecule has 1 saturated heterocycles. The van der Waals surface area contributed by atoms with Gasteiger partial charge in [0.25, 0.3) is 0 Å². The smallest absolute Gasteiger partial charge is 0.228 e. The number of rotatable bonds is 6. The van der Waals surface area contributed by atoms with Crippen LogP contribution in [0.4, 0.5) is 11.8 Å². The number of halogens is 1. The van der Waals surface area contributed by atoms with Crippen molar-refractivity contribution in [3.63, 3.8) is 0 Å². The lowest BCUT2D eigenvalue weighted by Gasteiger charge is -2.19. The van der Waals surface area contributed by atoms with Crippen molar-refractivity contribution < 1.29 is 9.53 Å². The van der Waals surface area contributed by atoms with Crippen molar-refractivity contribution in [2.75, 3.05) is 16.8 Å². The van der Waals surface area contributed by atoms with Gasteiger partial charge in [0.2, 0.25) is 11.9 Å². The minimum atomic E-state index is -0.0379. The molecule has 0 bridgehead atoms. The summed E-state index contributed by atoms with van der Waals surface area (Å²) in [5.74, 6) is 2.50. The van der Waals surface area contributed by atoms with Crippen LogP contribution in [0.1, 0.15) is 31.4 Å². The largest absolute Gasteiger partial charge is 0.457 e. The van der Waals surface area contributed by atoms with Gasteiger partial charge < -0.3 is 10.1 Å². The van der Waals surface area contributed by atoms with Crippen molar-refractivity contribution in [2.24, 2.45) is 0 Å². The van der Waals surface area contributed by atoms with E-state index < -0.39 is 0 Å². The summed E-state index contributed by atoms with van der Waals surface area (Å²) < 4.78 is 5.83. The summed E-state index contributed by atoms with van der Waals surface area (Å²) in [6.45, 7) is 2.65. The molecule has 2 heterocycles. The van der Waals surface area contributed by atoms with Gasteiger partial charge in [-0.1, -0.05) is 41.9 Å². The topological polar surface area (TPSA) is 67.4 Å². The van der Waals surface area contributed by atoms with Crippen LogP contribution in [0.5, 0.6) is 11.5 Å². The summed E-state index contributed by atoms with van der Waals surface area (Å²) >= 11 is 6.22. The highest BCUT2D eigenvalue weighted by molar-refractivity contribution is 6.33. The molecule has 1 amide bonds. The predicted octanol–water partition coefficient (Wildman–Crippen LogP) is 5.22. The number of hydrogen-bond acceptors (Lipinski definition) is 5. The van der Waals surface area contributed by atoms with E-state index in [9.17, 15) is 4.79 Å². The molecule has 1 aliphatic rings. The minimum absolute atomic E-state index is 0.0379. The summed E-state index contributed by atoms with van der Waals surface area (Å²) in [6, 6.07) is 17.5. The first-order valence-electron chi connectivity index (χ1n) is 9.52. The first kappa shape index (κ1) is 19.2. The van der Waals surface area contributed by atoms with Gasteiger partial charge in [0.15, 0.2) is 5.82 Å². The number of amides is 1. The number of carbonyl (C=O) groups is 1. The molecular weight excluding hydrogens is 388 g/mol. The fourth-order valence-electron chi connectivity index (χ4n) is 3.22. The maximum absolute atomic E-state index is 12.0. The van der Waals surface area contributed by atoms with Crippen LogP contribution in [0.25, 0.3) is 0 Å². The van der Waals surface area contributed by atoms with Gasteiger partial charge in [-0.2, -0.15) is 4.98 Å². The molecule has 3 aromatic rings. The van der Waals surface area contributed by atoms with Crippen LogP contribution in [0.3, 0.4) is 0 Å². The van der Waals surface area contributed by atoms with Crippen LogP contribution in [0, 0.1) is 0 Å². The molecule has 29 heavy (non-hydrogen) atoms. The Hall–Kier alpha value is -3.12. The summed E-state index contributed by atoms with van der Waals surface area (Å²) in [7, 11) is 0. The molecule has 0 aliphatic carbocycles. The minimum Gasteiger partial charge on any atom is -0.457 e. The first-order chi connectivity index (χ1) is 14.1. The number of anilines is 2. The van der Waals surface area contributed by atoms with Crippen molar-refractivity contribution in [1.29, 1.82) is 0 Å². The molecule has 6 nitrogen and oxygen atoms in total. The van der Waals surface area contributed by atoms with Crippen LogP contribution >= 0.6 is 11.6 Å². The van der Waals surface area contributed by atoms with Crippen molar-refractivity contribution >= 4 is 29.3 Å². The summed E-state index contributed by atoms with van der Waals surface area (Å²) in [6.07, 6.45) is 2.87. The monoisotopic (exact) mass is 408 g/mol. The van der Waals surface area contributed by atoms with E-state index in [1.165, 1.54) is 6.20 Å². The fraction of sp³-hybridized carbons (Fsp3) is 0.227. The normalized spacial score (nSPS) is 14.7. The molecule has 1 N–H and O–H groups in total. The van der Waals surface area contributed by atoms with Crippen molar-refractivity contribution in [2.45, 2.75) is 25.8 Å². The Morgan fingerprint density at radius 2 is 1.83 bits per heavy atom. The Morgan fingerprint density at radius 3 is 2.52 bits per heavy atom. The number of nitrogens with zero attached hydrogens (tertiary/aromatic N) is 3. The summed E-state index contributed by atoms with van der Waals surface area (Å²) in [4.78, 5) is 22.4. The van der Waals surface area contributed by atoms with E-state index in [0.717, 1.165) is 23.5 Å². The Balaban J connectivity index is 1.45. The van der Waals surface area contributed by atoms with Gasteiger partial charge in [0, 0.05) is 13.0 Å². The number of carbonyl (C=O) groups excluding carboxylic acids is 1. The van der Waals surface area contributed by atoms with Crippen molar-refractivity contribution in [3.05, 3.63) is 71.4 Å². The Labute approximate surface area is 174 Å². The second-order valence-electron chi connectivity index (χ2n) is 6.86. The zero-order valence-electron chi connectivity index (χ0n) is 16.0. The van der Waals surface area contributed by atoms with Crippen molar-refractivity contribution in [3.8, 4) is 11.5 Å². The molecule has 0 unspecified atom stereocenters. The van der Waals surface area contributed by atoms with E-state index in [1.54, 1.807) is 4.90 Å². The zero-order valence-corrected chi connectivity index (χ0v) is 16.8. The Kier molecular flexibility index (Phi) is 5.62. The van der Waals surface area contributed by atoms with E-state index >= 15 is 0 Å². The predicted molar refractivity (Wildman–Crippen MR) is 114 cm³/mol. The van der Waals surface area contributed by atoms with Crippen LogP contribution in [0.2, 0.25) is 5.02 Å². The number of hydrogen-bond donors (Lipinski definition) is 1. The molecule has 0 radical (unpaired) electrons. The molecular formula is C22H21ClN4O2. The Morgan fingerprint density at radius 1 is 1.10 bits per heavy atom. The van der Waals surface area contributed by atoms with Crippen LogP contribution in [-0.4, -0.2) is 22.4 Å². The average Bonchev–Trinajstić information content (AvgIpc) is 3.16. The number of ether oxygens (including phenoxy) is 1. The summed E-state index contributed by atoms with van der Waals surface area (Å²) in [5, 5.41) is 3.65. The number of benzene rings is 2. The zero-order chi connectivity index (χ0) is 20.2. The molecule has 0 saturated carbocycles. The van der Waals surface area contributed by atoms with E-state index in [-0.39, 0.29) is 11.9 Å². The van der Waals surface area contributed by atoms with Crippen molar-refractivity contribution in [1.82, 2.24) is 9.97 Å². The molecule has 148 valence electrons. The van der Waals surface area contributed by atoms with E-state index in [4.69, 9.17) is 16.3 Å². The van der Waals surface area contributed by atoms with Gasteiger partial charge in [-0.15, -0.1) is 0 Å². The maximum atomic E-state index is 12.0. The lowest BCUT2D eigenvalue weighted by Crippen LogP contribution is -2.25. The van der Waals surface area contributed by atoms with Gasteiger partial charge in [0.05, 0.1) is 12.2 Å². The maximum Gasteiger partial charge on any atom is 0.228 e. The highest BCUT2D eigenvalue weighted by atomic mass is 35.5. The van der Waals surface area contributed by atoms with Gasteiger partial charge in [-0.05, 0) is 43.2 Å². The molecule has 1 aromatic heterocycles. The molecule has 0 spiro atoms. The highest BCUT2D eigenvalue weighted by Gasteiger charge is 2.25. The molecule has 1 fully saturated rings. The second kappa shape index (κ2) is 8.49. The van der Waals surface area contributed by atoms with Gasteiger partial charge >= 0.3 is 0 Å². The molecule has 4 rings (SSSR count). The lowest BCUT2D eigenvalue weighted by molar-refractivity contribution is -0.117. The third-order valence-corrected chi connectivity index (χ3v) is 5.03. The average molecular weight is 409 g/mol. The van der Waals surface area contributed by atoms with E-state index in [0.29, 0.717) is 29.8 Å². The second-order valence-corrected chi connectivity index (χ2v) is 7.27. The Bertz CT molecular complexity index is 995. The number of para-hydroxylation sites is 1. The standard InChI is InChI=1S/C22H21ClN4O2/c1-15(16-9-11-18(12-10-16)29-17-6-3-2-4-7-17)25-22-24-14-19(23)21(26-22)27-13-5-8-20(27)28/h2-4,6-7,9-12,14-15H,5,8,13H2,1H3,(H,24,25,26)/t15-/m0/s1. The molecule has 7 heteroatoms. The van der Waals surface area contributed by atoms with Crippen LogP contribution < -0.4 is 15.0 Å². The highest BCUT2D eigenvalue weighted by Crippen LogP contribution is 2.29. The third-order valence-electron chi connectivity index (χ3n) is 4.76. The van der Waals surface area contributed by atoms with Gasteiger partial charge in [-0.25, -0.2) is 4.98 Å². The molecule has 2 aromatic carbocycles. The van der Waals surface area contributed by atoms with Crippen LogP contribution in [-0.2, 0) is 4.79 Å². The quantitative estimate of drug-likeness (QED) is 0.605. The third kappa shape index (κ3) is 4.49.